The van der Waals surface area contributed by atoms with Gasteiger partial charge in [0.25, 0.3) is 0 Å². The third-order valence-electron chi connectivity index (χ3n) is 3.30. The second-order valence-corrected chi connectivity index (χ2v) is 5.55. The van der Waals surface area contributed by atoms with Crippen LogP contribution in [0.3, 0.4) is 0 Å². The molecule has 0 aliphatic carbocycles. The van der Waals surface area contributed by atoms with Gasteiger partial charge in [0, 0.05) is 16.3 Å². The summed E-state index contributed by atoms with van der Waals surface area (Å²) >= 11 is 2.09. The average molecular weight is 389 g/mol. The van der Waals surface area contributed by atoms with Crippen molar-refractivity contribution in [3.8, 4) is 11.3 Å². The number of pyridine rings is 1. The lowest BCUT2D eigenvalue weighted by molar-refractivity contribution is 0.0601. The second kappa shape index (κ2) is 5.81. The van der Waals surface area contributed by atoms with Gasteiger partial charge in [0.1, 0.15) is 3.70 Å². The van der Waals surface area contributed by atoms with Gasteiger partial charge in [-0.2, -0.15) is 0 Å². The molecule has 1 heterocycles. The first-order chi connectivity index (χ1) is 10.2. The van der Waals surface area contributed by atoms with Crippen LogP contribution in [0.2, 0.25) is 0 Å². The first kappa shape index (κ1) is 14.0. The molecule has 104 valence electrons. The molecule has 3 rings (SSSR count). The highest BCUT2D eigenvalue weighted by atomic mass is 127. The zero-order chi connectivity index (χ0) is 14.8. The highest BCUT2D eigenvalue weighted by Gasteiger charge is 2.19. The Morgan fingerprint density at radius 2 is 1.62 bits per heavy atom. The third-order valence-corrected chi connectivity index (χ3v) is 4.09. The van der Waals surface area contributed by atoms with Crippen LogP contribution in [0.25, 0.3) is 22.0 Å². The number of esters is 1. The van der Waals surface area contributed by atoms with Crippen LogP contribution in [0.1, 0.15) is 10.4 Å². The van der Waals surface area contributed by atoms with Crippen LogP contribution >= 0.6 is 22.6 Å². The molecular formula is C17H12INO2. The summed E-state index contributed by atoms with van der Waals surface area (Å²) in [6.45, 7) is 0. The lowest BCUT2D eigenvalue weighted by atomic mass is 10.0. The fourth-order valence-electron chi connectivity index (χ4n) is 2.35. The van der Waals surface area contributed by atoms with Crippen LogP contribution in [-0.4, -0.2) is 18.1 Å². The van der Waals surface area contributed by atoms with Crippen molar-refractivity contribution in [2.24, 2.45) is 0 Å². The van der Waals surface area contributed by atoms with E-state index >= 15 is 0 Å². The fourth-order valence-corrected chi connectivity index (χ4v) is 3.10. The van der Waals surface area contributed by atoms with Crippen LogP contribution in [0.5, 0.6) is 0 Å². The molecule has 0 saturated carbocycles. The summed E-state index contributed by atoms with van der Waals surface area (Å²) in [4.78, 5) is 16.7. The molecule has 0 bridgehead atoms. The SMILES string of the molecule is COC(=O)c1c(I)nc(-c2ccccc2)c2ccccc12. The maximum atomic E-state index is 12.0. The van der Waals surface area contributed by atoms with Crippen LogP contribution in [0.4, 0.5) is 0 Å². The molecular weight excluding hydrogens is 377 g/mol. The van der Waals surface area contributed by atoms with Crippen molar-refractivity contribution in [3.63, 3.8) is 0 Å². The van der Waals surface area contributed by atoms with Crippen molar-refractivity contribution in [1.82, 2.24) is 4.98 Å². The molecule has 21 heavy (non-hydrogen) atoms. The van der Waals surface area contributed by atoms with E-state index in [-0.39, 0.29) is 5.97 Å². The number of fused-ring (bicyclic) bond motifs is 1. The van der Waals surface area contributed by atoms with Gasteiger partial charge in [0.2, 0.25) is 0 Å². The molecule has 0 radical (unpaired) electrons. The molecule has 0 atom stereocenters. The van der Waals surface area contributed by atoms with Gasteiger partial charge in [0.15, 0.2) is 0 Å². The van der Waals surface area contributed by atoms with E-state index in [9.17, 15) is 4.79 Å². The van der Waals surface area contributed by atoms with E-state index in [1.54, 1.807) is 0 Å². The Kier molecular flexibility index (Phi) is 3.88. The van der Waals surface area contributed by atoms with Gasteiger partial charge in [-0.3, -0.25) is 0 Å². The summed E-state index contributed by atoms with van der Waals surface area (Å²) in [6, 6.07) is 17.7. The number of aromatic nitrogens is 1. The Labute approximate surface area is 136 Å². The first-order valence-electron chi connectivity index (χ1n) is 6.44. The van der Waals surface area contributed by atoms with Crippen LogP contribution in [-0.2, 0) is 4.74 Å². The summed E-state index contributed by atoms with van der Waals surface area (Å²) in [5.41, 5.74) is 2.43. The van der Waals surface area contributed by atoms with Crippen molar-refractivity contribution in [3.05, 3.63) is 63.9 Å². The number of ether oxygens (including phenoxy) is 1. The fraction of sp³-hybridized carbons (Fsp3) is 0.0588. The molecule has 2 aromatic carbocycles. The molecule has 1 aromatic heterocycles. The van der Waals surface area contributed by atoms with Gasteiger partial charge >= 0.3 is 5.97 Å². The predicted octanol–water partition coefficient (Wildman–Crippen LogP) is 4.29. The Morgan fingerprint density at radius 1 is 1.00 bits per heavy atom. The second-order valence-electron chi connectivity index (χ2n) is 4.53. The number of hydrogen-bond donors (Lipinski definition) is 0. The van der Waals surface area contributed by atoms with Crippen molar-refractivity contribution < 1.29 is 9.53 Å². The topological polar surface area (TPSA) is 39.2 Å². The molecule has 3 aromatic rings. The van der Waals surface area contributed by atoms with Crippen LogP contribution < -0.4 is 0 Å². The van der Waals surface area contributed by atoms with E-state index in [0.29, 0.717) is 9.26 Å². The number of carbonyl (C=O) groups excluding carboxylic acids is 1. The van der Waals surface area contributed by atoms with Crippen molar-refractivity contribution in [2.75, 3.05) is 7.11 Å². The Bertz CT molecular complexity index is 816. The number of carbonyl (C=O) groups is 1. The maximum Gasteiger partial charge on any atom is 0.341 e. The maximum absolute atomic E-state index is 12.0. The van der Waals surface area contributed by atoms with E-state index in [4.69, 9.17) is 4.74 Å². The van der Waals surface area contributed by atoms with Gasteiger partial charge < -0.3 is 4.74 Å². The summed E-state index contributed by atoms with van der Waals surface area (Å²) in [7, 11) is 1.39. The zero-order valence-electron chi connectivity index (χ0n) is 11.3. The number of hydrogen-bond acceptors (Lipinski definition) is 3. The van der Waals surface area contributed by atoms with Gasteiger partial charge in [0.05, 0.1) is 18.4 Å². The molecule has 0 saturated heterocycles. The summed E-state index contributed by atoms with van der Waals surface area (Å²) in [5.74, 6) is -0.359. The minimum Gasteiger partial charge on any atom is -0.465 e. The normalized spacial score (nSPS) is 10.6. The quantitative estimate of drug-likeness (QED) is 0.373. The van der Waals surface area contributed by atoms with E-state index in [1.807, 2.05) is 54.6 Å². The lowest BCUT2D eigenvalue weighted by Crippen LogP contribution is -2.07. The Balaban J connectivity index is 2.37. The molecule has 0 fully saturated rings. The number of nitrogens with zero attached hydrogens (tertiary/aromatic N) is 1. The van der Waals surface area contributed by atoms with Crippen LogP contribution in [0.15, 0.2) is 54.6 Å². The number of halogens is 1. The van der Waals surface area contributed by atoms with Gasteiger partial charge in [-0.15, -0.1) is 0 Å². The summed E-state index contributed by atoms with van der Waals surface area (Å²) in [6.07, 6.45) is 0. The van der Waals surface area contributed by atoms with Gasteiger partial charge in [-0.1, -0.05) is 54.6 Å². The molecule has 0 N–H and O–H groups in total. The van der Waals surface area contributed by atoms with Crippen molar-refractivity contribution in [1.29, 1.82) is 0 Å². The minimum absolute atomic E-state index is 0.359. The number of benzene rings is 2. The molecule has 3 nitrogen and oxygen atoms in total. The largest absolute Gasteiger partial charge is 0.465 e. The molecule has 0 amide bonds. The Morgan fingerprint density at radius 3 is 2.29 bits per heavy atom. The van der Waals surface area contributed by atoms with Crippen LogP contribution in [0, 0.1) is 3.70 Å². The molecule has 0 aliphatic rings. The van der Waals surface area contributed by atoms with E-state index in [1.165, 1.54) is 7.11 Å². The van der Waals surface area contributed by atoms with Gasteiger partial charge in [-0.05, 0) is 22.6 Å². The molecule has 0 unspecified atom stereocenters. The standard InChI is InChI=1S/C17H12INO2/c1-21-17(20)14-12-9-5-6-10-13(12)15(19-16(14)18)11-7-3-2-4-8-11/h2-10H,1H3. The summed E-state index contributed by atoms with van der Waals surface area (Å²) < 4.78 is 5.54. The average Bonchev–Trinajstić information content (AvgIpc) is 2.54. The molecule has 0 spiro atoms. The molecule has 0 aliphatic heterocycles. The first-order valence-corrected chi connectivity index (χ1v) is 7.52. The number of rotatable bonds is 2. The predicted molar refractivity (Wildman–Crippen MR) is 91.2 cm³/mol. The van der Waals surface area contributed by atoms with Gasteiger partial charge in [-0.25, -0.2) is 9.78 Å². The number of methoxy groups -OCH3 is 1. The van der Waals surface area contributed by atoms with Crippen molar-refractivity contribution >= 4 is 39.3 Å². The zero-order valence-corrected chi connectivity index (χ0v) is 13.5. The minimum atomic E-state index is -0.359. The molecule has 4 heteroatoms. The van der Waals surface area contributed by atoms with Crippen molar-refractivity contribution in [2.45, 2.75) is 0 Å². The third kappa shape index (κ3) is 2.51. The summed E-state index contributed by atoms with van der Waals surface area (Å²) in [5, 5.41) is 1.81. The van der Waals surface area contributed by atoms with E-state index in [2.05, 4.69) is 27.6 Å². The smallest absolute Gasteiger partial charge is 0.341 e. The monoisotopic (exact) mass is 389 g/mol. The van der Waals surface area contributed by atoms with E-state index in [0.717, 1.165) is 22.0 Å². The Hall–Kier alpha value is -1.95. The highest BCUT2D eigenvalue weighted by Crippen LogP contribution is 2.31. The highest BCUT2D eigenvalue weighted by molar-refractivity contribution is 14.1. The van der Waals surface area contributed by atoms with E-state index < -0.39 is 0 Å². The lowest BCUT2D eigenvalue weighted by Gasteiger charge is -2.11.